The number of hydrogen-bond acceptors (Lipinski definition) is 4. The van der Waals surface area contributed by atoms with E-state index in [1.54, 1.807) is 23.5 Å². The summed E-state index contributed by atoms with van der Waals surface area (Å²) in [6.45, 7) is 1.96. The summed E-state index contributed by atoms with van der Waals surface area (Å²) in [6.07, 6.45) is 4.04. The van der Waals surface area contributed by atoms with Gasteiger partial charge in [-0.05, 0) is 31.1 Å². The highest BCUT2D eigenvalue weighted by Crippen LogP contribution is 2.36. The molecule has 0 aliphatic carbocycles. The number of benzene rings is 1. The second-order valence-corrected chi connectivity index (χ2v) is 4.43. The smallest absolute Gasteiger partial charge is 0.0503 e. The molecule has 0 atom stereocenters. The van der Waals surface area contributed by atoms with Gasteiger partial charge in [-0.3, -0.25) is 0 Å². The Bertz CT molecular complexity index is 296. The first-order valence-electron chi connectivity index (χ1n) is 3.88. The maximum Gasteiger partial charge on any atom is 0.0503 e. The van der Waals surface area contributed by atoms with E-state index in [2.05, 4.69) is 0 Å². The number of nitrogens with two attached hydrogens (primary N) is 2. The van der Waals surface area contributed by atoms with Crippen LogP contribution in [-0.4, -0.2) is 12.5 Å². The van der Waals surface area contributed by atoms with Crippen LogP contribution >= 0.6 is 23.5 Å². The summed E-state index contributed by atoms with van der Waals surface area (Å²) in [6, 6.07) is 2.05. The molecule has 0 aliphatic heterocycles. The highest BCUT2D eigenvalue weighted by molar-refractivity contribution is 7.99. The average Bonchev–Trinajstić information content (AvgIpc) is 2.15. The molecule has 0 spiro atoms. The first-order valence-corrected chi connectivity index (χ1v) is 6.33. The van der Waals surface area contributed by atoms with Crippen LogP contribution in [0.4, 0.5) is 11.4 Å². The lowest BCUT2D eigenvalue weighted by Gasteiger charge is -2.12. The van der Waals surface area contributed by atoms with Gasteiger partial charge in [0.1, 0.15) is 0 Å². The van der Waals surface area contributed by atoms with Gasteiger partial charge in [-0.2, -0.15) is 0 Å². The Balaban J connectivity index is 3.36. The predicted molar refractivity (Wildman–Crippen MR) is 63.6 cm³/mol. The lowest BCUT2D eigenvalue weighted by molar-refractivity contribution is 1.28. The zero-order valence-electron chi connectivity index (χ0n) is 8.05. The van der Waals surface area contributed by atoms with Crippen molar-refractivity contribution in [2.45, 2.75) is 16.7 Å². The third kappa shape index (κ3) is 1.89. The number of hydrogen-bond donors (Lipinski definition) is 2. The Labute approximate surface area is 87.5 Å². The largest absolute Gasteiger partial charge is 0.398 e. The van der Waals surface area contributed by atoms with Gasteiger partial charge in [-0.25, -0.2) is 0 Å². The van der Waals surface area contributed by atoms with Crippen LogP contribution in [-0.2, 0) is 0 Å². The molecule has 0 aliphatic rings. The lowest BCUT2D eigenvalue weighted by Crippen LogP contribution is -1.99. The Hall–Kier alpha value is -0.480. The molecule has 13 heavy (non-hydrogen) atoms. The van der Waals surface area contributed by atoms with Crippen molar-refractivity contribution in [2.24, 2.45) is 0 Å². The quantitative estimate of drug-likeness (QED) is 0.587. The van der Waals surface area contributed by atoms with Gasteiger partial charge in [-0.1, -0.05) is 0 Å². The van der Waals surface area contributed by atoms with Gasteiger partial charge in [0.05, 0.1) is 11.4 Å². The molecule has 0 bridgehead atoms. The minimum absolute atomic E-state index is 0.808. The standard InChI is InChI=1S/C9H14N2S2/c1-5-8(10)6(12-2)4-7(13-3)9(5)11/h4H,10-11H2,1-3H3. The van der Waals surface area contributed by atoms with Crippen LogP contribution in [0.25, 0.3) is 0 Å². The third-order valence-corrected chi connectivity index (χ3v) is 3.60. The molecule has 1 rings (SSSR count). The van der Waals surface area contributed by atoms with Gasteiger partial charge in [-0.15, -0.1) is 23.5 Å². The topological polar surface area (TPSA) is 52.0 Å². The van der Waals surface area contributed by atoms with E-state index in [1.807, 2.05) is 25.5 Å². The number of thioether (sulfide) groups is 2. The first-order chi connectivity index (χ1) is 6.11. The normalized spacial score (nSPS) is 10.4. The Kier molecular flexibility index (Phi) is 3.39. The minimum atomic E-state index is 0.808. The van der Waals surface area contributed by atoms with Crippen LogP contribution in [0.2, 0.25) is 0 Å². The second-order valence-electron chi connectivity index (χ2n) is 2.73. The third-order valence-electron chi connectivity index (χ3n) is 2.04. The molecule has 2 nitrogen and oxygen atoms in total. The highest BCUT2D eigenvalue weighted by Gasteiger charge is 2.09. The van der Waals surface area contributed by atoms with Crippen molar-refractivity contribution in [1.82, 2.24) is 0 Å². The Morgan fingerprint density at radius 3 is 1.69 bits per heavy atom. The average molecular weight is 214 g/mol. The van der Waals surface area contributed by atoms with Gasteiger partial charge in [0.15, 0.2) is 0 Å². The molecule has 1 aromatic carbocycles. The minimum Gasteiger partial charge on any atom is -0.398 e. The Morgan fingerprint density at radius 2 is 1.38 bits per heavy atom. The monoisotopic (exact) mass is 214 g/mol. The van der Waals surface area contributed by atoms with Gasteiger partial charge in [0, 0.05) is 9.79 Å². The number of anilines is 2. The molecule has 0 amide bonds. The predicted octanol–water partition coefficient (Wildman–Crippen LogP) is 2.60. The van der Waals surface area contributed by atoms with Crippen molar-refractivity contribution in [3.63, 3.8) is 0 Å². The summed E-state index contributed by atoms with van der Waals surface area (Å²) < 4.78 is 0. The summed E-state index contributed by atoms with van der Waals surface area (Å²) in [7, 11) is 0. The zero-order valence-corrected chi connectivity index (χ0v) is 9.68. The second kappa shape index (κ2) is 4.15. The summed E-state index contributed by atoms with van der Waals surface area (Å²) in [4.78, 5) is 2.21. The van der Waals surface area contributed by atoms with E-state index in [0.29, 0.717) is 0 Å². The fourth-order valence-electron chi connectivity index (χ4n) is 1.13. The molecule has 0 fully saturated rings. The van der Waals surface area contributed by atoms with Crippen LogP contribution in [0.3, 0.4) is 0 Å². The van der Waals surface area contributed by atoms with Crippen molar-refractivity contribution >= 4 is 34.9 Å². The van der Waals surface area contributed by atoms with Gasteiger partial charge in [0.25, 0.3) is 0 Å². The molecule has 72 valence electrons. The zero-order chi connectivity index (χ0) is 10.0. The molecule has 4 heteroatoms. The fourth-order valence-corrected chi connectivity index (χ4v) is 2.42. The van der Waals surface area contributed by atoms with Gasteiger partial charge in [0.2, 0.25) is 0 Å². The maximum atomic E-state index is 5.91. The van der Waals surface area contributed by atoms with Crippen molar-refractivity contribution in [3.05, 3.63) is 11.6 Å². The van der Waals surface area contributed by atoms with E-state index in [0.717, 1.165) is 26.7 Å². The summed E-state index contributed by atoms with van der Waals surface area (Å²) in [5.41, 5.74) is 14.4. The van der Waals surface area contributed by atoms with Crippen LogP contribution in [0.1, 0.15) is 5.56 Å². The summed E-state index contributed by atoms with van der Waals surface area (Å²) in [5.74, 6) is 0. The number of nitrogen functional groups attached to an aromatic ring is 2. The molecule has 0 saturated heterocycles. The molecule has 4 N–H and O–H groups in total. The molecule has 0 heterocycles. The molecular weight excluding hydrogens is 200 g/mol. The summed E-state index contributed by atoms with van der Waals surface area (Å²) in [5, 5.41) is 0. The van der Waals surface area contributed by atoms with E-state index in [9.17, 15) is 0 Å². The van der Waals surface area contributed by atoms with E-state index < -0.39 is 0 Å². The van der Waals surface area contributed by atoms with E-state index in [-0.39, 0.29) is 0 Å². The van der Waals surface area contributed by atoms with Crippen LogP contribution in [0, 0.1) is 6.92 Å². The van der Waals surface area contributed by atoms with Crippen molar-refractivity contribution in [1.29, 1.82) is 0 Å². The maximum absolute atomic E-state index is 5.91. The number of rotatable bonds is 2. The first kappa shape index (κ1) is 10.6. The molecule has 0 radical (unpaired) electrons. The Morgan fingerprint density at radius 1 is 1.00 bits per heavy atom. The van der Waals surface area contributed by atoms with E-state index >= 15 is 0 Å². The molecule has 0 unspecified atom stereocenters. The van der Waals surface area contributed by atoms with Crippen molar-refractivity contribution < 1.29 is 0 Å². The van der Waals surface area contributed by atoms with E-state index in [1.165, 1.54) is 0 Å². The fraction of sp³-hybridized carbons (Fsp3) is 0.333. The van der Waals surface area contributed by atoms with Crippen molar-refractivity contribution in [2.75, 3.05) is 24.0 Å². The van der Waals surface area contributed by atoms with Gasteiger partial charge >= 0.3 is 0 Å². The van der Waals surface area contributed by atoms with Gasteiger partial charge < -0.3 is 11.5 Å². The SMILES string of the molecule is CSc1cc(SC)c(N)c(C)c1N. The van der Waals surface area contributed by atoms with E-state index in [4.69, 9.17) is 11.5 Å². The van der Waals surface area contributed by atoms with Crippen LogP contribution < -0.4 is 11.5 Å². The molecule has 0 aromatic heterocycles. The van der Waals surface area contributed by atoms with Crippen LogP contribution in [0.15, 0.2) is 15.9 Å². The lowest BCUT2D eigenvalue weighted by atomic mass is 10.1. The molecule has 0 saturated carbocycles. The van der Waals surface area contributed by atoms with Crippen LogP contribution in [0.5, 0.6) is 0 Å². The highest BCUT2D eigenvalue weighted by atomic mass is 32.2. The van der Waals surface area contributed by atoms with Crippen molar-refractivity contribution in [3.8, 4) is 0 Å². The molecular formula is C9H14N2S2. The summed E-state index contributed by atoms with van der Waals surface area (Å²) >= 11 is 3.31. The molecule has 1 aromatic rings.